The fourth-order valence-electron chi connectivity index (χ4n) is 1.52. The van der Waals surface area contributed by atoms with E-state index in [2.05, 4.69) is 10.4 Å². The molecule has 80 valence electrons. The number of hydrogen-bond donors (Lipinski definition) is 1. The minimum Gasteiger partial charge on any atom is -0.467 e. The summed E-state index contributed by atoms with van der Waals surface area (Å²) < 4.78 is 7.30. The van der Waals surface area contributed by atoms with Crippen molar-refractivity contribution in [2.75, 3.05) is 7.05 Å². The van der Waals surface area contributed by atoms with Gasteiger partial charge >= 0.3 is 0 Å². The Morgan fingerprint density at radius 2 is 2.40 bits per heavy atom. The van der Waals surface area contributed by atoms with Crippen LogP contribution < -0.4 is 5.32 Å². The Kier molecular flexibility index (Phi) is 2.87. The fourth-order valence-corrected chi connectivity index (χ4v) is 1.52. The SMILES string of the molecule is CNCc1coc(Cn2cc(C)cn2)c1. The molecular formula is C11H15N3O. The van der Waals surface area contributed by atoms with Crippen LogP contribution in [-0.4, -0.2) is 16.8 Å². The Morgan fingerprint density at radius 3 is 3.07 bits per heavy atom. The van der Waals surface area contributed by atoms with Crippen molar-refractivity contribution in [2.24, 2.45) is 0 Å². The molecule has 0 fully saturated rings. The molecule has 15 heavy (non-hydrogen) atoms. The summed E-state index contributed by atoms with van der Waals surface area (Å²) in [6.45, 7) is 3.55. The maximum atomic E-state index is 5.43. The predicted octanol–water partition coefficient (Wildman–Crippen LogP) is 1.55. The van der Waals surface area contributed by atoms with Gasteiger partial charge in [-0.2, -0.15) is 5.10 Å². The topological polar surface area (TPSA) is 43.0 Å². The van der Waals surface area contributed by atoms with Crippen molar-refractivity contribution in [1.82, 2.24) is 15.1 Å². The summed E-state index contributed by atoms with van der Waals surface area (Å²) in [5.74, 6) is 0.934. The van der Waals surface area contributed by atoms with Crippen LogP contribution in [0, 0.1) is 6.92 Å². The van der Waals surface area contributed by atoms with Crippen molar-refractivity contribution in [1.29, 1.82) is 0 Å². The van der Waals surface area contributed by atoms with Crippen LogP contribution in [0.4, 0.5) is 0 Å². The largest absolute Gasteiger partial charge is 0.467 e. The second-order valence-corrected chi connectivity index (χ2v) is 3.67. The average Bonchev–Trinajstić information content (AvgIpc) is 2.78. The van der Waals surface area contributed by atoms with E-state index >= 15 is 0 Å². The summed E-state index contributed by atoms with van der Waals surface area (Å²) in [5, 5.41) is 7.29. The first-order valence-corrected chi connectivity index (χ1v) is 4.98. The summed E-state index contributed by atoms with van der Waals surface area (Å²) in [4.78, 5) is 0. The molecule has 1 N–H and O–H groups in total. The molecule has 0 aliphatic rings. The molecule has 0 bridgehead atoms. The monoisotopic (exact) mass is 205 g/mol. The van der Waals surface area contributed by atoms with Gasteiger partial charge in [0.2, 0.25) is 0 Å². The van der Waals surface area contributed by atoms with Gasteiger partial charge in [-0.25, -0.2) is 0 Å². The molecule has 0 saturated heterocycles. The second-order valence-electron chi connectivity index (χ2n) is 3.67. The molecule has 0 atom stereocenters. The van der Waals surface area contributed by atoms with Gasteiger partial charge in [-0.05, 0) is 25.6 Å². The Bertz CT molecular complexity index is 430. The highest BCUT2D eigenvalue weighted by Gasteiger charge is 2.02. The summed E-state index contributed by atoms with van der Waals surface area (Å²) >= 11 is 0. The molecule has 0 saturated carbocycles. The van der Waals surface area contributed by atoms with Crippen LogP contribution in [0.5, 0.6) is 0 Å². The van der Waals surface area contributed by atoms with Gasteiger partial charge in [0.1, 0.15) is 5.76 Å². The van der Waals surface area contributed by atoms with E-state index in [1.165, 1.54) is 0 Å². The molecule has 4 nitrogen and oxygen atoms in total. The lowest BCUT2D eigenvalue weighted by atomic mass is 10.3. The number of furan rings is 1. The van der Waals surface area contributed by atoms with Crippen molar-refractivity contribution in [3.63, 3.8) is 0 Å². The van der Waals surface area contributed by atoms with Gasteiger partial charge in [0.05, 0.1) is 19.0 Å². The van der Waals surface area contributed by atoms with Crippen molar-refractivity contribution in [2.45, 2.75) is 20.0 Å². The minimum atomic E-state index is 0.692. The van der Waals surface area contributed by atoms with E-state index in [4.69, 9.17) is 4.42 Å². The third-order valence-corrected chi connectivity index (χ3v) is 2.17. The Hall–Kier alpha value is -1.55. The average molecular weight is 205 g/mol. The zero-order valence-electron chi connectivity index (χ0n) is 9.03. The van der Waals surface area contributed by atoms with Gasteiger partial charge in [-0.1, -0.05) is 0 Å². The molecule has 0 aliphatic heterocycles. The highest BCUT2D eigenvalue weighted by Crippen LogP contribution is 2.09. The van der Waals surface area contributed by atoms with Gasteiger partial charge in [0.15, 0.2) is 0 Å². The molecule has 0 aromatic carbocycles. The fraction of sp³-hybridized carbons (Fsp3) is 0.364. The van der Waals surface area contributed by atoms with Gasteiger partial charge < -0.3 is 9.73 Å². The summed E-state index contributed by atoms with van der Waals surface area (Å²) in [5.41, 5.74) is 2.33. The van der Waals surface area contributed by atoms with Gasteiger partial charge in [-0.15, -0.1) is 0 Å². The molecule has 2 heterocycles. The molecular weight excluding hydrogens is 190 g/mol. The van der Waals surface area contributed by atoms with Crippen LogP contribution in [0.3, 0.4) is 0 Å². The Morgan fingerprint density at radius 1 is 1.53 bits per heavy atom. The van der Waals surface area contributed by atoms with Crippen LogP contribution in [0.1, 0.15) is 16.9 Å². The number of nitrogens with one attached hydrogen (secondary N) is 1. The normalized spacial score (nSPS) is 10.8. The van der Waals surface area contributed by atoms with Crippen molar-refractivity contribution < 1.29 is 4.42 Å². The quantitative estimate of drug-likeness (QED) is 0.823. The number of aryl methyl sites for hydroxylation is 1. The lowest BCUT2D eigenvalue weighted by molar-refractivity contribution is 0.478. The number of rotatable bonds is 4. The van der Waals surface area contributed by atoms with Crippen molar-refractivity contribution >= 4 is 0 Å². The summed E-state index contributed by atoms with van der Waals surface area (Å²) in [6, 6.07) is 2.05. The van der Waals surface area contributed by atoms with E-state index in [0.717, 1.165) is 23.4 Å². The number of aromatic nitrogens is 2. The van der Waals surface area contributed by atoms with Gasteiger partial charge in [0, 0.05) is 18.3 Å². The van der Waals surface area contributed by atoms with Crippen LogP contribution in [0.2, 0.25) is 0 Å². The van der Waals surface area contributed by atoms with Crippen molar-refractivity contribution in [3.8, 4) is 0 Å². The second kappa shape index (κ2) is 4.31. The Balaban J connectivity index is 2.04. The lowest BCUT2D eigenvalue weighted by Gasteiger charge is -1.96. The first kappa shape index (κ1) is 9.98. The van der Waals surface area contributed by atoms with E-state index < -0.39 is 0 Å². The van der Waals surface area contributed by atoms with Gasteiger partial charge in [-0.3, -0.25) is 4.68 Å². The molecule has 2 aromatic heterocycles. The summed E-state index contributed by atoms with van der Waals surface area (Å²) in [6.07, 6.45) is 5.62. The predicted molar refractivity (Wildman–Crippen MR) is 57.5 cm³/mol. The van der Waals surface area contributed by atoms with Gasteiger partial charge in [0.25, 0.3) is 0 Å². The zero-order valence-corrected chi connectivity index (χ0v) is 9.03. The standard InChI is InChI=1S/C11H15N3O/c1-9-4-13-14(6-9)7-11-3-10(5-12-2)8-15-11/h3-4,6,8,12H,5,7H2,1-2H3. The van der Waals surface area contributed by atoms with Crippen LogP contribution in [0.15, 0.2) is 29.1 Å². The maximum absolute atomic E-state index is 5.43. The highest BCUT2D eigenvalue weighted by molar-refractivity contribution is 5.13. The molecule has 2 rings (SSSR count). The Labute approximate surface area is 88.9 Å². The molecule has 0 spiro atoms. The first-order chi connectivity index (χ1) is 7.28. The van der Waals surface area contributed by atoms with Crippen LogP contribution in [0.25, 0.3) is 0 Å². The third-order valence-electron chi connectivity index (χ3n) is 2.17. The maximum Gasteiger partial charge on any atom is 0.125 e. The minimum absolute atomic E-state index is 0.692. The number of nitrogens with zero attached hydrogens (tertiary/aromatic N) is 2. The van der Waals surface area contributed by atoms with E-state index in [0.29, 0.717) is 6.54 Å². The lowest BCUT2D eigenvalue weighted by Crippen LogP contribution is -2.03. The summed E-state index contributed by atoms with van der Waals surface area (Å²) in [7, 11) is 1.92. The number of hydrogen-bond acceptors (Lipinski definition) is 3. The first-order valence-electron chi connectivity index (χ1n) is 4.98. The molecule has 4 heteroatoms. The zero-order chi connectivity index (χ0) is 10.7. The molecule has 2 aromatic rings. The smallest absolute Gasteiger partial charge is 0.125 e. The van der Waals surface area contributed by atoms with E-state index in [1.54, 1.807) is 6.26 Å². The van der Waals surface area contributed by atoms with Crippen LogP contribution in [-0.2, 0) is 13.1 Å². The third kappa shape index (κ3) is 2.47. The van der Waals surface area contributed by atoms with Crippen molar-refractivity contribution in [3.05, 3.63) is 41.6 Å². The molecule has 0 amide bonds. The van der Waals surface area contributed by atoms with E-state index in [1.807, 2.05) is 37.1 Å². The molecule has 0 radical (unpaired) electrons. The van der Waals surface area contributed by atoms with Crippen LogP contribution >= 0.6 is 0 Å². The highest BCUT2D eigenvalue weighted by atomic mass is 16.3. The van der Waals surface area contributed by atoms with E-state index in [9.17, 15) is 0 Å². The van der Waals surface area contributed by atoms with E-state index in [-0.39, 0.29) is 0 Å². The molecule has 0 aliphatic carbocycles. The molecule has 0 unspecified atom stereocenters.